The third-order valence-electron chi connectivity index (χ3n) is 3.12. The molecule has 0 bridgehead atoms. The van der Waals surface area contributed by atoms with Crippen LogP contribution in [0.3, 0.4) is 0 Å². The number of ether oxygens (including phenoxy) is 1. The number of anilines is 1. The third-order valence-corrected chi connectivity index (χ3v) is 3.43. The van der Waals surface area contributed by atoms with Gasteiger partial charge in [0.25, 0.3) is 0 Å². The summed E-state index contributed by atoms with van der Waals surface area (Å²) in [4.78, 5) is 13.6. The van der Waals surface area contributed by atoms with Gasteiger partial charge in [-0.05, 0) is 29.8 Å². The maximum atomic E-state index is 13.5. The fraction of sp³-hybridized carbons (Fsp3) is 0.188. The average molecular weight is 308 g/mol. The lowest BCUT2D eigenvalue weighted by molar-refractivity contribution is 0.0601. The molecule has 0 fully saturated rings. The summed E-state index contributed by atoms with van der Waals surface area (Å²) in [5.41, 5.74) is 1.95. The molecule has 0 N–H and O–H groups in total. The van der Waals surface area contributed by atoms with E-state index >= 15 is 0 Å². The zero-order valence-electron chi connectivity index (χ0n) is 11.8. The Bertz CT molecular complexity index is 660. The van der Waals surface area contributed by atoms with Crippen LogP contribution in [-0.4, -0.2) is 20.1 Å². The number of benzene rings is 2. The molecule has 0 aromatic heterocycles. The summed E-state index contributed by atoms with van der Waals surface area (Å²) in [5.74, 6) is -0.858. The topological polar surface area (TPSA) is 29.5 Å². The predicted molar refractivity (Wildman–Crippen MR) is 81.3 cm³/mol. The van der Waals surface area contributed by atoms with Crippen molar-refractivity contribution in [3.63, 3.8) is 0 Å². The van der Waals surface area contributed by atoms with E-state index in [-0.39, 0.29) is 5.02 Å². The van der Waals surface area contributed by atoms with Gasteiger partial charge < -0.3 is 9.64 Å². The van der Waals surface area contributed by atoms with Crippen LogP contribution in [0.4, 0.5) is 10.1 Å². The first-order valence-electron chi connectivity index (χ1n) is 6.35. The van der Waals surface area contributed by atoms with Gasteiger partial charge in [0.05, 0.1) is 23.4 Å². The minimum atomic E-state index is -0.455. The molecule has 3 nitrogen and oxygen atoms in total. The van der Waals surface area contributed by atoms with Crippen molar-refractivity contribution >= 4 is 23.3 Å². The summed E-state index contributed by atoms with van der Waals surface area (Å²) in [7, 11) is 3.17. The van der Waals surface area contributed by atoms with Crippen LogP contribution in [0.5, 0.6) is 0 Å². The quantitative estimate of drug-likeness (QED) is 0.802. The van der Waals surface area contributed by atoms with Crippen molar-refractivity contribution < 1.29 is 13.9 Å². The largest absolute Gasteiger partial charge is 0.465 e. The molecule has 5 heteroatoms. The van der Waals surface area contributed by atoms with E-state index in [0.717, 1.165) is 11.3 Å². The lowest BCUT2D eigenvalue weighted by Gasteiger charge is -2.21. The molecule has 0 radical (unpaired) electrons. The van der Waals surface area contributed by atoms with E-state index in [2.05, 4.69) is 0 Å². The van der Waals surface area contributed by atoms with Crippen LogP contribution < -0.4 is 4.90 Å². The molecule has 0 spiro atoms. The highest BCUT2D eigenvalue weighted by Gasteiger charge is 2.14. The smallest absolute Gasteiger partial charge is 0.339 e. The summed E-state index contributed by atoms with van der Waals surface area (Å²) >= 11 is 5.67. The molecule has 0 amide bonds. The van der Waals surface area contributed by atoms with E-state index < -0.39 is 11.8 Å². The normalized spacial score (nSPS) is 10.3. The van der Waals surface area contributed by atoms with E-state index in [1.54, 1.807) is 18.2 Å². The number of halogens is 2. The molecular formula is C16H15ClFNO2. The molecule has 0 saturated carbocycles. The SMILES string of the molecule is COC(=O)c1ccccc1N(C)Cc1ccc(Cl)c(F)c1. The van der Waals surface area contributed by atoms with Crippen LogP contribution in [0.1, 0.15) is 15.9 Å². The van der Waals surface area contributed by atoms with Crippen LogP contribution in [0.15, 0.2) is 42.5 Å². The van der Waals surface area contributed by atoms with Gasteiger partial charge in [0, 0.05) is 13.6 Å². The molecule has 0 atom stereocenters. The fourth-order valence-corrected chi connectivity index (χ4v) is 2.20. The van der Waals surface area contributed by atoms with Crippen LogP contribution in [0.25, 0.3) is 0 Å². The van der Waals surface area contributed by atoms with Crippen molar-refractivity contribution in [3.05, 3.63) is 64.4 Å². The number of hydrogen-bond donors (Lipinski definition) is 0. The van der Waals surface area contributed by atoms with Gasteiger partial charge in [-0.3, -0.25) is 0 Å². The Hall–Kier alpha value is -2.07. The van der Waals surface area contributed by atoms with Crippen LogP contribution >= 0.6 is 11.6 Å². The minimum absolute atomic E-state index is 0.0939. The number of methoxy groups -OCH3 is 1. The van der Waals surface area contributed by atoms with E-state index in [1.165, 1.54) is 19.2 Å². The van der Waals surface area contributed by atoms with E-state index in [1.807, 2.05) is 24.1 Å². The molecule has 0 unspecified atom stereocenters. The molecule has 0 saturated heterocycles. The Morgan fingerprint density at radius 3 is 2.67 bits per heavy atom. The third kappa shape index (κ3) is 3.52. The Morgan fingerprint density at radius 1 is 1.29 bits per heavy atom. The molecule has 21 heavy (non-hydrogen) atoms. The summed E-state index contributed by atoms with van der Waals surface area (Å²) in [5, 5.41) is 0.0939. The number of carbonyl (C=O) groups is 1. The zero-order valence-corrected chi connectivity index (χ0v) is 12.5. The Balaban J connectivity index is 2.26. The fourth-order valence-electron chi connectivity index (χ4n) is 2.09. The summed E-state index contributed by atoms with van der Waals surface area (Å²) < 4.78 is 18.2. The van der Waals surface area contributed by atoms with Gasteiger partial charge in [-0.25, -0.2) is 9.18 Å². The lowest BCUT2D eigenvalue weighted by atomic mass is 10.1. The van der Waals surface area contributed by atoms with Crippen molar-refractivity contribution in [1.82, 2.24) is 0 Å². The minimum Gasteiger partial charge on any atom is -0.465 e. The molecule has 2 rings (SSSR count). The molecule has 0 aliphatic carbocycles. The van der Waals surface area contributed by atoms with E-state index in [9.17, 15) is 9.18 Å². The molecule has 0 heterocycles. The first-order valence-corrected chi connectivity index (χ1v) is 6.73. The number of esters is 1. The van der Waals surface area contributed by atoms with Crippen molar-refractivity contribution in [1.29, 1.82) is 0 Å². The summed E-state index contributed by atoms with van der Waals surface area (Å²) in [6.45, 7) is 0.447. The van der Waals surface area contributed by atoms with Gasteiger partial charge in [-0.1, -0.05) is 29.8 Å². The highest BCUT2D eigenvalue weighted by atomic mass is 35.5. The van der Waals surface area contributed by atoms with Crippen molar-refractivity contribution in [3.8, 4) is 0 Å². The summed E-state index contributed by atoms with van der Waals surface area (Å²) in [6, 6.07) is 11.8. The standard InChI is InChI=1S/C16H15ClFNO2/c1-19(10-11-7-8-13(17)14(18)9-11)15-6-4-3-5-12(15)16(20)21-2/h3-9H,10H2,1-2H3. The second kappa shape index (κ2) is 6.59. The number of hydrogen-bond acceptors (Lipinski definition) is 3. The predicted octanol–water partition coefficient (Wildman–Crippen LogP) is 3.90. The van der Waals surface area contributed by atoms with Gasteiger partial charge in [0.2, 0.25) is 0 Å². The number of para-hydroxylation sites is 1. The molecular weight excluding hydrogens is 293 g/mol. The van der Waals surface area contributed by atoms with Crippen LogP contribution in [0.2, 0.25) is 5.02 Å². The second-order valence-electron chi connectivity index (χ2n) is 4.61. The molecule has 0 aliphatic rings. The maximum Gasteiger partial charge on any atom is 0.339 e. The Morgan fingerprint density at radius 2 is 2.00 bits per heavy atom. The molecule has 0 aliphatic heterocycles. The lowest BCUT2D eigenvalue weighted by Crippen LogP contribution is -2.19. The van der Waals surface area contributed by atoms with E-state index in [4.69, 9.17) is 16.3 Å². The van der Waals surface area contributed by atoms with E-state index in [0.29, 0.717) is 12.1 Å². The monoisotopic (exact) mass is 307 g/mol. The van der Waals surface area contributed by atoms with Gasteiger partial charge in [0.1, 0.15) is 5.82 Å². The first-order chi connectivity index (χ1) is 10.0. The highest BCUT2D eigenvalue weighted by Crippen LogP contribution is 2.23. The van der Waals surface area contributed by atoms with Crippen LogP contribution in [0, 0.1) is 5.82 Å². The number of rotatable bonds is 4. The number of carbonyl (C=O) groups excluding carboxylic acids is 1. The molecule has 2 aromatic carbocycles. The summed E-state index contributed by atoms with van der Waals surface area (Å²) in [6.07, 6.45) is 0. The first kappa shape index (κ1) is 15.3. The zero-order chi connectivity index (χ0) is 15.4. The van der Waals surface area contributed by atoms with Gasteiger partial charge in [-0.2, -0.15) is 0 Å². The van der Waals surface area contributed by atoms with Crippen molar-refractivity contribution in [2.24, 2.45) is 0 Å². The van der Waals surface area contributed by atoms with Crippen molar-refractivity contribution in [2.45, 2.75) is 6.54 Å². The molecule has 2 aromatic rings. The Labute approximate surface area is 127 Å². The van der Waals surface area contributed by atoms with Crippen molar-refractivity contribution in [2.75, 3.05) is 19.1 Å². The van der Waals surface area contributed by atoms with Crippen LogP contribution in [-0.2, 0) is 11.3 Å². The van der Waals surface area contributed by atoms with Gasteiger partial charge in [-0.15, -0.1) is 0 Å². The average Bonchev–Trinajstić information content (AvgIpc) is 2.50. The van der Waals surface area contributed by atoms with Gasteiger partial charge >= 0.3 is 5.97 Å². The number of nitrogens with zero attached hydrogens (tertiary/aromatic N) is 1. The highest BCUT2D eigenvalue weighted by molar-refractivity contribution is 6.30. The Kier molecular flexibility index (Phi) is 4.81. The molecule has 110 valence electrons. The maximum absolute atomic E-state index is 13.5. The van der Waals surface area contributed by atoms with Gasteiger partial charge in [0.15, 0.2) is 0 Å². The second-order valence-corrected chi connectivity index (χ2v) is 5.02.